The lowest BCUT2D eigenvalue weighted by Gasteiger charge is -2.07. The van der Waals surface area contributed by atoms with E-state index in [1.54, 1.807) is 19.1 Å². The average Bonchev–Trinajstić information content (AvgIpc) is 2.38. The maximum Gasteiger partial charge on any atom is 0.335 e. The van der Waals surface area contributed by atoms with Gasteiger partial charge in [-0.15, -0.1) is 0 Å². The van der Waals surface area contributed by atoms with Crippen molar-refractivity contribution in [3.05, 3.63) is 53.2 Å². The van der Waals surface area contributed by atoms with Crippen molar-refractivity contribution in [2.45, 2.75) is 6.92 Å². The van der Waals surface area contributed by atoms with Crippen LogP contribution in [0.2, 0.25) is 0 Å². The summed E-state index contributed by atoms with van der Waals surface area (Å²) in [5, 5.41) is 8.96. The van der Waals surface area contributed by atoms with E-state index < -0.39 is 11.9 Å². The van der Waals surface area contributed by atoms with Crippen LogP contribution in [-0.4, -0.2) is 22.0 Å². The molecule has 6 nitrogen and oxygen atoms in total. The Balaban J connectivity index is 2.25. The fourth-order valence-corrected chi connectivity index (χ4v) is 1.62. The Morgan fingerprint density at radius 2 is 1.80 bits per heavy atom. The summed E-state index contributed by atoms with van der Waals surface area (Å²) in [6.45, 7) is 1.68. The average molecular weight is 272 g/mol. The smallest absolute Gasteiger partial charge is 0.335 e. The first-order valence-electron chi connectivity index (χ1n) is 5.75. The molecule has 0 aliphatic heterocycles. The number of ether oxygens (including phenoxy) is 1. The lowest BCUT2D eigenvalue weighted by atomic mass is 10.2. The summed E-state index contributed by atoms with van der Waals surface area (Å²) in [7, 11) is 0. The zero-order chi connectivity index (χ0) is 14.7. The van der Waals surface area contributed by atoms with E-state index in [-0.39, 0.29) is 11.4 Å². The van der Waals surface area contributed by atoms with Crippen molar-refractivity contribution in [2.24, 2.45) is 5.73 Å². The van der Waals surface area contributed by atoms with Crippen LogP contribution < -0.4 is 10.5 Å². The van der Waals surface area contributed by atoms with Gasteiger partial charge in [-0.2, -0.15) is 0 Å². The molecule has 0 saturated carbocycles. The number of rotatable bonds is 4. The maximum absolute atomic E-state index is 10.9. The second kappa shape index (κ2) is 5.40. The van der Waals surface area contributed by atoms with E-state index in [0.717, 1.165) is 0 Å². The van der Waals surface area contributed by atoms with Crippen molar-refractivity contribution < 1.29 is 19.4 Å². The number of amides is 1. The normalized spacial score (nSPS) is 10.1. The molecule has 1 heterocycles. The van der Waals surface area contributed by atoms with Crippen LogP contribution in [0.4, 0.5) is 0 Å². The van der Waals surface area contributed by atoms with Crippen molar-refractivity contribution in [2.75, 3.05) is 0 Å². The summed E-state index contributed by atoms with van der Waals surface area (Å²) in [6, 6.07) is 8.94. The van der Waals surface area contributed by atoms with Crippen molar-refractivity contribution in [1.29, 1.82) is 0 Å². The van der Waals surface area contributed by atoms with E-state index in [1.807, 2.05) is 0 Å². The van der Waals surface area contributed by atoms with E-state index in [1.165, 1.54) is 24.3 Å². The molecule has 0 aliphatic rings. The third-order valence-electron chi connectivity index (χ3n) is 2.54. The van der Waals surface area contributed by atoms with Crippen LogP contribution in [0.3, 0.4) is 0 Å². The van der Waals surface area contributed by atoms with Crippen molar-refractivity contribution in [3.63, 3.8) is 0 Å². The minimum absolute atomic E-state index is 0.0984. The van der Waals surface area contributed by atoms with E-state index in [4.69, 9.17) is 15.6 Å². The molecule has 6 heteroatoms. The topological polar surface area (TPSA) is 103 Å². The van der Waals surface area contributed by atoms with Crippen LogP contribution >= 0.6 is 0 Å². The summed E-state index contributed by atoms with van der Waals surface area (Å²) in [5.41, 5.74) is 6.13. The molecule has 0 radical (unpaired) electrons. The molecular weight excluding hydrogens is 260 g/mol. The number of hydrogen-bond acceptors (Lipinski definition) is 4. The Morgan fingerprint density at radius 1 is 1.15 bits per heavy atom. The van der Waals surface area contributed by atoms with Gasteiger partial charge < -0.3 is 15.6 Å². The third kappa shape index (κ3) is 3.11. The molecule has 20 heavy (non-hydrogen) atoms. The second-order valence-corrected chi connectivity index (χ2v) is 4.13. The van der Waals surface area contributed by atoms with Gasteiger partial charge in [0.2, 0.25) is 11.8 Å². The highest BCUT2D eigenvalue weighted by atomic mass is 16.5. The summed E-state index contributed by atoms with van der Waals surface area (Å²) >= 11 is 0. The minimum Gasteiger partial charge on any atom is -0.478 e. The molecule has 0 unspecified atom stereocenters. The molecule has 3 N–H and O–H groups in total. The van der Waals surface area contributed by atoms with Crippen LogP contribution in [0.15, 0.2) is 36.4 Å². The minimum atomic E-state index is -1.05. The number of aromatic nitrogens is 1. The molecule has 0 aliphatic carbocycles. The Hall–Kier alpha value is -2.89. The van der Waals surface area contributed by atoms with Crippen molar-refractivity contribution >= 4 is 11.9 Å². The van der Waals surface area contributed by atoms with Gasteiger partial charge in [-0.05, 0) is 37.3 Å². The molecule has 0 atom stereocenters. The molecule has 1 amide bonds. The monoisotopic (exact) mass is 272 g/mol. The fraction of sp³-hybridized carbons (Fsp3) is 0.0714. The molecule has 102 valence electrons. The highest BCUT2D eigenvalue weighted by molar-refractivity contribution is 5.92. The van der Waals surface area contributed by atoms with E-state index in [0.29, 0.717) is 17.0 Å². The van der Waals surface area contributed by atoms with Gasteiger partial charge in [0.05, 0.1) is 5.56 Å². The SMILES string of the molecule is Cc1cc(C(=O)O)cc(Oc2ccc(C(N)=O)cc2)n1. The summed E-state index contributed by atoms with van der Waals surface area (Å²) in [4.78, 5) is 26.0. The number of nitrogens with two attached hydrogens (primary N) is 1. The van der Waals surface area contributed by atoms with Crippen molar-refractivity contribution in [3.8, 4) is 11.6 Å². The molecule has 1 aromatic carbocycles. The Bertz CT molecular complexity index is 665. The van der Waals surface area contributed by atoms with Crippen LogP contribution in [0.1, 0.15) is 26.4 Å². The number of aromatic carboxylic acids is 1. The Kier molecular flexibility index (Phi) is 3.65. The lowest BCUT2D eigenvalue weighted by molar-refractivity contribution is 0.0696. The number of primary amides is 1. The van der Waals surface area contributed by atoms with E-state index >= 15 is 0 Å². The zero-order valence-electron chi connectivity index (χ0n) is 10.7. The standard InChI is InChI=1S/C14H12N2O4/c1-8-6-10(14(18)19)7-12(16-8)20-11-4-2-9(3-5-11)13(15)17/h2-7H,1H3,(H2,15,17)(H,18,19). The Labute approximate surface area is 114 Å². The van der Waals surface area contributed by atoms with Gasteiger partial charge >= 0.3 is 5.97 Å². The van der Waals surface area contributed by atoms with Crippen LogP contribution in [0.25, 0.3) is 0 Å². The molecule has 0 bridgehead atoms. The third-order valence-corrected chi connectivity index (χ3v) is 2.54. The lowest BCUT2D eigenvalue weighted by Crippen LogP contribution is -2.10. The summed E-state index contributed by atoms with van der Waals surface area (Å²) in [6.07, 6.45) is 0. The second-order valence-electron chi connectivity index (χ2n) is 4.13. The fourth-order valence-electron chi connectivity index (χ4n) is 1.62. The van der Waals surface area contributed by atoms with Gasteiger partial charge in [-0.1, -0.05) is 0 Å². The summed E-state index contributed by atoms with van der Waals surface area (Å²) < 4.78 is 5.46. The maximum atomic E-state index is 10.9. The molecular formula is C14H12N2O4. The van der Waals surface area contributed by atoms with Gasteiger partial charge in [0.25, 0.3) is 0 Å². The highest BCUT2D eigenvalue weighted by Crippen LogP contribution is 2.21. The number of hydrogen-bond donors (Lipinski definition) is 2. The molecule has 2 rings (SSSR count). The first-order chi connectivity index (χ1) is 9.45. The van der Waals surface area contributed by atoms with Crippen LogP contribution in [0.5, 0.6) is 11.6 Å². The number of carboxylic acid groups (broad SMARTS) is 1. The first-order valence-corrected chi connectivity index (χ1v) is 5.75. The van der Waals surface area contributed by atoms with Gasteiger partial charge in [0, 0.05) is 17.3 Å². The predicted octanol–water partition coefficient (Wildman–Crippen LogP) is 1.98. The van der Waals surface area contributed by atoms with E-state index in [9.17, 15) is 9.59 Å². The quantitative estimate of drug-likeness (QED) is 0.885. The number of benzene rings is 1. The number of pyridine rings is 1. The van der Waals surface area contributed by atoms with Crippen LogP contribution in [-0.2, 0) is 0 Å². The molecule has 0 fully saturated rings. The Morgan fingerprint density at radius 3 is 2.35 bits per heavy atom. The zero-order valence-corrected chi connectivity index (χ0v) is 10.7. The largest absolute Gasteiger partial charge is 0.478 e. The van der Waals surface area contributed by atoms with Crippen molar-refractivity contribution in [1.82, 2.24) is 4.98 Å². The molecule has 1 aromatic heterocycles. The molecule has 0 saturated heterocycles. The van der Waals surface area contributed by atoms with Gasteiger partial charge in [-0.25, -0.2) is 9.78 Å². The van der Waals surface area contributed by atoms with Crippen LogP contribution in [0, 0.1) is 6.92 Å². The molecule has 2 aromatic rings. The summed E-state index contributed by atoms with van der Waals surface area (Å²) in [5.74, 6) is -0.971. The number of nitrogens with zero attached hydrogens (tertiary/aromatic N) is 1. The van der Waals surface area contributed by atoms with E-state index in [2.05, 4.69) is 4.98 Å². The molecule has 0 spiro atoms. The number of carboxylic acids is 1. The highest BCUT2D eigenvalue weighted by Gasteiger charge is 2.08. The van der Waals surface area contributed by atoms with Gasteiger partial charge in [0.1, 0.15) is 5.75 Å². The number of carbonyl (C=O) groups excluding carboxylic acids is 1. The predicted molar refractivity (Wildman–Crippen MR) is 71.0 cm³/mol. The first kappa shape index (κ1) is 13.5. The van der Waals surface area contributed by atoms with Gasteiger partial charge in [0.15, 0.2) is 0 Å². The van der Waals surface area contributed by atoms with Gasteiger partial charge in [-0.3, -0.25) is 4.79 Å². The number of aryl methyl sites for hydroxylation is 1. The number of carbonyl (C=O) groups is 2.